The van der Waals surface area contributed by atoms with Crippen LogP contribution in [0.1, 0.15) is 11.1 Å². The lowest BCUT2D eigenvalue weighted by Crippen LogP contribution is -2.31. The molecule has 2 aromatic rings. The van der Waals surface area contributed by atoms with Crippen LogP contribution in [0.3, 0.4) is 0 Å². The van der Waals surface area contributed by atoms with E-state index in [1.807, 2.05) is 12.1 Å². The molecule has 3 nitrogen and oxygen atoms in total. The van der Waals surface area contributed by atoms with Crippen LogP contribution in [0.15, 0.2) is 42.5 Å². The van der Waals surface area contributed by atoms with E-state index in [9.17, 15) is 18.0 Å². The molecule has 1 heterocycles. The van der Waals surface area contributed by atoms with Gasteiger partial charge in [-0.15, -0.1) is 0 Å². The molecule has 3 rings (SSSR count). The van der Waals surface area contributed by atoms with Crippen molar-refractivity contribution in [1.82, 2.24) is 0 Å². The Morgan fingerprint density at radius 3 is 2.65 bits per heavy atom. The van der Waals surface area contributed by atoms with E-state index in [1.165, 1.54) is 6.07 Å². The molecule has 0 spiro atoms. The molecule has 1 N–H and O–H groups in total. The van der Waals surface area contributed by atoms with Crippen LogP contribution in [0.2, 0.25) is 5.02 Å². The van der Waals surface area contributed by atoms with Crippen LogP contribution in [0.4, 0.5) is 18.9 Å². The molecule has 0 saturated heterocycles. The molecule has 2 aromatic carbocycles. The molecule has 0 fully saturated rings. The fraction of sp³-hybridized carbons (Fsp3) is 0.188. The normalized spacial score (nSPS) is 16.6. The summed E-state index contributed by atoms with van der Waals surface area (Å²) < 4.78 is 44.0. The van der Waals surface area contributed by atoms with Crippen molar-refractivity contribution in [3.05, 3.63) is 58.6 Å². The monoisotopic (exact) mass is 341 g/mol. The summed E-state index contributed by atoms with van der Waals surface area (Å²) in [6.45, 7) is 0. The van der Waals surface area contributed by atoms with Gasteiger partial charge < -0.3 is 10.1 Å². The third kappa shape index (κ3) is 3.27. The second-order valence-electron chi connectivity index (χ2n) is 5.10. The maximum atomic E-state index is 12.8. The molecular weight excluding hydrogens is 331 g/mol. The summed E-state index contributed by atoms with van der Waals surface area (Å²) in [6, 6.07) is 10.4. The minimum absolute atomic E-state index is 0.0197. The molecule has 0 aliphatic carbocycles. The summed E-state index contributed by atoms with van der Waals surface area (Å²) in [6.07, 6.45) is -4.97. The first-order valence-electron chi connectivity index (χ1n) is 6.77. The summed E-state index contributed by atoms with van der Waals surface area (Å²) in [5.41, 5.74) is -0.0846. The predicted octanol–water partition coefficient (Wildman–Crippen LogP) is 4.30. The van der Waals surface area contributed by atoms with E-state index in [0.29, 0.717) is 12.2 Å². The van der Waals surface area contributed by atoms with Gasteiger partial charge in [-0.1, -0.05) is 29.8 Å². The largest absolute Gasteiger partial charge is 0.480 e. The van der Waals surface area contributed by atoms with Gasteiger partial charge in [0.25, 0.3) is 5.91 Å². The second-order valence-corrected chi connectivity index (χ2v) is 5.51. The van der Waals surface area contributed by atoms with Crippen LogP contribution in [-0.4, -0.2) is 12.0 Å². The van der Waals surface area contributed by atoms with Crippen LogP contribution < -0.4 is 10.1 Å². The number of amides is 1. The Bertz CT molecular complexity index is 736. The molecule has 23 heavy (non-hydrogen) atoms. The lowest BCUT2D eigenvalue weighted by molar-refractivity contribution is -0.137. The number of rotatable bonds is 2. The van der Waals surface area contributed by atoms with Crippen molar-refractivity contribution in [2.75, 3.05) is 5.32 Å². The third-order valence-electron chi connectivity index (χ3n) is 3.48. The highest BCUT2D eigenvalue weighted by Gasteiger charge is 2.34. The minimum atomic E-state index is -4.59. The van der Waals surface area contributed by atoms with E-state index in [1.54, 1.807) is 12.1 Å². The number of anilines is 1. The summed E-state index contributed by atoms with van der Waals surface area (Å²) in [4.78, 5) is 12.2. The molecule has 0 saturated carbocycles. The average Bonchev–Trinajstić information content (AvgIpc) is 2.92. The van der Waals surface area contributed by atoms with Crippen LogP contribution in [0.5, 0.6) is 5.75 Å². The van der Waals surface area contributed by atoms with Crippen molar-refractivity contribution in [2.24, 2.45) is 0 Å². The zero-order chi connectivity index (χ0) is 16.6. The zero-order valence-electron chi connectivity index (χ0n) is 11.7. The van der Waals surface area contributed by atoms with Gasteiger partial charge in [0, 0.05) is 12.1 Å². The summed E-state index contributed by atoms with van der Waals surface area (Å²) in [5, 5.41) is 2.02. The summed E-state index contributed by atoms with van der Waals surface area (Å²) in [7, 11) is 0. The highest BCUT2D eigenvalue weighted by Crippen LogP contribution is 2.36. The number of para-hydroxylation sites is 1. The van der Waals surface area contributed by atoms with E-state index < -0.39 is 28.8 Å². The first kappa shape index (κ1) is 15.7. The molecule has 7 heteroatoms. The van der Waals surface area contributed by atoms with Gasteiger partial charge in [-0.05, 0) is 29.8 Å². The number of ether oxygens (including phenoxy) is 1. The van der Waals surface area contributed by atoms with Gasteiger partial charge in [0.15, 0.2) is 6.10 Å². The zero-order valence-corrected chi connectivity index (χ0v) is 12.4. The number of halogens is 4. The second kappa shape index (κ2) is 5.77. The van der Waals surface area contributed by atoms with Crippen LogP contribution in [0.25, 0.3) is 0 Å². The summed E-state index contributed by atoms with van der Waals surface area (Å²) >= 11 is 5.55. The highest BCUT2D eigenvalue weighted by molar-refractivity contribution is 6.31. The number of fused-ring (bicyclic) bond motifs is 1. The smallest absolute Gasteiger partial charge is 0.417 e. The molecule has 0 aromatic heterocycles. The van der Waals surface area contributed by atoms with Crippen molar-refractivity contribution in [3.63, 3.8) is 0 Å². The minimum Gasteiger partial charge on any atom is -0.480 e. The Balaban J connectivity index is 1.75. The van der Waals surface area contributed by atoms with Gasteiger partial charge >= 0.3 is 6.18 Å². The Morgan fingerprint density at radius 2 is 1.96 bits per heavy atom. The lowest BCUT2D eigenvalue weighted by atomic mass is 10.1. The first-order chi connectivity index (χ1) is 10.8. The van der Waals surface area contributed by atoms with E-state index >= 15 is 0 Å². The van der Waals surface area contributed by atoms with Gasteiger partial charge in [0.1, 0.15) is 5.75 Å². The van der Waals surface area contributed by atoms with Crippen molar-refractivity contribution in [2.45, 2.75) is 18.7 Å². The molecule has 1 aliphatic rings. The maximum absolute atomic E-state index is 12.8. The lowest BCUT2D eigenvalue weighted by Gasteiger charge is -2.14. The quantitative estimate of drug-likeness (QED) is 0.884. The fourth-order valence-electron chi connectivity index (χ4n) is 2.37. The van der Waals surface area contributed by atoms with Gasteiger partial charge in [0.05, 0.1) is 10.6 Å². The fourth-order valence-corrected chi connectivity index (χ4v) is 2.60. The topological polar surface area (TPSA) is 38.3 Å². The molecular formula is C16H11ClF3NO2. The average molecular weight is 342 g/mol. The van der Waals surface area contributed by atoms with Crippen LogP contribution in [-0.2, 0) is 17.4 Å². The highest BCUT2D eigenvalue weighted by atomic mass is 35.5. The van der Waals surface area contributed by atoms with Gasteiger partial charge in [-0.3, -0.25) is 4.79 Å². The van der Waals surface area contributed by atoms with Crippen molar-refractivity contribution >= 4 is 23.2 Å². The number of carbonyl (C=O) groups is 1. The Labute approximate surface area is 135 Å². The van der Waals surface area contributed by atoms with E-state index in [2.05, 4.69) is 5.32 Å². The molecule has 1 aliphatic heterocycles. The molecule has 1 amide bonds. The first-order valence-corrected chi connectivity index (χ1v) is 7.14. The number of alkyl halides is 3. The van der Waals surface area contributed by atoms with Gasteiger partial charge in [0.2, 0.25) is 0 Å². The van der Waals surface area contributed by atoms with E-state index in [0.717, 1.165) is 17.7 Å². The van der Waals surface area contributed by atoms with E-state index in [-0.39, 0.29) is 5.69 Å². The Kier molecular flexibility index (Phi) is 3.93. The number of benzene rings is 2. The SMILES string of the molecule is O=C(Nc1ccc(Cl)c(C(F)(F)F)c1)[C@@H]1Cc2ccccc2O1. The Morgan fingerprint density at radius 1 is 1.22 bits per heavy atom. The molecule has 1 atom stereocenters. The van der Waals surface area contributed by atoms with Crippen LogP contribution >= 0.6 is 11.6 Å². The van der Waals surface area contributed by atoms with Crippen molar-refractivity contribution < 1.29 is 22.7 Å². The number of hydrogen-bond acceptors (Lipinski definition) is 2. The molecule has 0 bridgehead atoms. The van der Waals surface area contributed by atoms with Gasteiger partial charge in [-0.25, -0.2) is 0 Å². The Hall–Kier alpha value is -2.21. The maximum Gasteiger partial charge on any atom is 0.417 e. The predicted molar refractivity (Wildman–Crippen MR) is 79.6 cm³/mol. The standard InChI is InChI=1S/C16H11ClF3NO2/c17-12-6-5-10(8-11(12)16(18,19)20)21-15(22)14-7-9-3-1-2-4-13(9)23-14/h1-6,8,14H,7H2,(H,21,22)/t14-/m0/s1. The summed E-state index contributed by atoms with van der Waals surface area (Å²) in [5.74, 6) is 0.108. The molecule has 0 radical (unpaired) electrons. The third-order valence-corrected chi connectivity index (χ3v) is 3.81. The van der Waals surface area contributed by atoms with Crippen LogP contribution in [0, 0.1) is 0 Å². The number of carbonyl (C=O) groups excluding carboxylic acids is 1. The van der Waals surface area contributed by atoms with Crippen molar-refractivity contribution in [3.8, 4) is 5.75 Å². The molecule has 0 unspecified atom stereocenters. The van der Waals surface area contributed by atoms with Crippen molar-refractivity contribution in [1.29, 1.82) is 0 Å². The number of hydrogen-bond donors (Lipinski definition) is 1. The molecule has 120 valence electrons. The number of nitrogens with one attached hydrogen (secondary N) is 1. The van der Waals surface area contributed by atoms with Gasteiger partial charge in [-0.2, -0.15) is 13.2 Å². The van der Waals surface area contributed by atoms with E-state index in [4.69, 9.17) is 16.3 Å².